The molecule has 1 N–H and O–H groups in total. The summed E-state index contributed by atoms with van der Waals surface area (Å²) in [4.78, 5) is 18.3. The van der Waals surface area contributed by atoms with Crippen molar-refractivity contribution < 1.29 is 9.32 Å². The van der Waals surface area contributed by atoms with Crippen LogP contribution >= 0.6 is 11.3 Å². The van der Waals surface area contributed by atoms with Gasteiger partial charge in [0, 0.05) is 5.56 Å². The number of nitrogens with one attached hydrogen (secondary N) is 1. The molecule has 0 saturated heterocycles. The number of amides is 1. The summed E-state index contributed by atoms with van der Waals surface area (Å²) in [6.45, 7) is 10.7. The van der Waals surface area contributed by atoms with E-state index in [2.05, 4.69) is 50.1 Å². The molecule has 0 bridgehead atoms. The standard InChI is InChI=1S/C22H27N3O2S/c1-14(2)13-17(21-24-19(25-27-21)18-7-6-12-28-18)23-20(26)15-8-10-16(11-9-15)22(3,4)5/h6-12,14,17H,13H2,1-5H3,(H,23,26)/t17-/m0/s1. The van der Waals surface area contributed by atoms with Gasteiger partial charge in [-0.25, -0.2) is 0 Å². The van der Waals surface area contributed by atoms with Gasteiger partial charge < -0.3 is 9.84 Å². The number of thiophene rings is 1. The molecule has 0 unspecified atom stereocenters. The minimum Gasteiger partial charge on any atom is -0.340 e. The second kappa shape index (κ2) is 8.27. The van der Waals surface area contributed by atoms with Crippen molar-refractivity contribution in [2.45, 2.75) is 52.5 Å². The maximum Gasteiger partial charge on any atom is 0.251 e. The molecule has 148 valence electrons. The molecule has 0 aliphatic rings. The number of rotatable bonds is 6. The van der Waals surface area contributed by atoms with Crippen LogP contribution < -0.4 is 5.32 Å². The number of carbonyl (C=O) groups excluding carboxylic acids is 1. The van der Waals surface area contributed by atoms with E-state index < -0.39 is 0 Å². The summed E-state index contributed by atoms with van der Waals surface area (Å²) in [6.07, 6.45) is 0.720. The van der Waals surface area contributed by atoms with E-state index in [-0.39, 0.29) is 17.4 Å². The van der Waals surface area contributed by atoms with E-state index in [1.165, 1.54) is 5.56 Å². The van der Waals surface area contributed by atoms with Crippen molar-refractivity contribution in [2.24, 2.45) is 5.92 Å². The van der Waals surface area contributed by atoms with Crippen LogP contribution in [0, 0.1) is 5.92 Å². The van der Waals surface area contributed by atoms with E-state index in [0.29, 0.717) is 23.2 Å². The molecule has 1 aromatic carbocycles. The van der Waals surface area contributed by atoms with Crippen molar-refractivity contribution in [2.75, 3.05) is 0 Å². The molecule has 1 atom stereocenters. The number of hydrogen-bond donors (Lipinski definition) is 1. The topological polar surface area (TPSA) is 68.0 Å². The van der Waals surface area contributed by atoms with Crippen molar-refractivity contribution in [1.29, 1.82) is 0 Å². The Labute approximate surface area is 170 Å². The van der Waals surface area contributed by atoms with E-state index in [4.69, 9.17) is 4.52 Å². The first-order valence-electron chi connectivity index (χ1n) is 9.53. The summed E-state index contributed by atoms with van der Waals surface area (Å²) < 4.78 is 5.48. The SMILES string of the molecule is CC(C)C[C@H](NC(=O)c1ccc(C(C)(C)C)cc1)c1nc(-c2cccs2)no1. The zero-order valence-corrected chi connectivity index (χ0v) is 17.8. The lowest BCUT2D eigenvalue weighted by Gasteiger charge is -2.20. The van der Waals surface area contributed by atoms with Gasteiger partial charge in [0.1, 0.15) is 6.04 Å². The van der Waals surface area contributed by atoms with Gasteiger partial charge in [-0.1, -0.05) is 58.0 Å². The monoisotopic (exact) mass is 397 g/mol. The van der Waals surface area contributed by atoms with Crippen LogP contribution in [0.5, 0.6) is 0 Å². The Balaban J connectivity index is 1.78. The molecule has 6 heteroatoms. The van der Waals surface area contributed by atoms with Crippen molar-refractivity contribution in [1.82, 2.24) is 15.5 Å². The zero-order valence-electron chi connectivity index (χ0n) is 17.0. The fourth-order valence-electron chi connectivity index (χ4n) is 2.94. The Kier molecular flexibility index (Phi) is 5.98. The summed E-state index contributed by atoms with van der Waals surface area (Å²) in [5.41, 5.74) is 1.87. The largest absolute Gasteiger partial charge is 0.340 e. The average Bonchev–Trinajstić information content (AvgIpc) is 3.31. The highest BCUT2D eigenvalue weighted by Crippen LogP contribution is 2.26. The van der Waals surface area contributed by atoms with Gasteiger partial charge in [0.25, 0.3) is 5.91 Å². The van der Waals surface area contributed by atoms with Crippen LogP contribution in [0.3, 0.4) is 0 Å². The predicted octanol–water partition coefficient (Wildman–Crippen LogP) is 5.61. The van der Waals surface area contributed by atoms with Gasteiger partial charge in [-0.05, 0) is 46.9 Å². The molecular weight excluding hydrogens is 370 g/mol. The van der Waals surface area contributed by atoms with Crippen LogP contribution in [-0.2, 0) is 5.41 Å². The molecule has 28 heavy (non-hydrogen) atoms. The van der Waals surface area contributed by atoms with Crippen LogP contribution in [0.1, 0.15) is 68.9 Å². The Morgan fingerprint density at radius 2 is 1.89 bits per heavy atom. The van der Waals surface area contributed by atoms with Gasteiger partial charge >= 0.3 is 0 Å². The average molecular weight is 398 g/mol. The Morgan fingerprint density at radius 1 is 1.18 bits per heavy atom. The molecule has 0 spiro atoms. The molecule has 3 rings (SSSR count). The number of aromatic nitrogens is 2. The third-order valence-corrected chi connectivity index (χ3v) is 5.37. The fraction of sp³-hybridized carbons (Fsp3) is 0.409. The number of hydrogen-bond acceptors (Lipinski definition) is 5. The van der Waals surface area contributed by atoms with Gasteiger partial charge in [-0.15, -0.1) is 11.3 Å². The van der Waals surface area contributed by atoms with E-state index in [9.17, 15) is 4.79 Å². The first kappa shape index (κ1) is 20.3. The zero-order chi connectivity index (χ0) is 20.3. The summed E-state index contributed by atoms with van der Waals surface area (Å²) in [7, 11) is 0. The molecule has 0 aliphatic carbocycles. The lowest BCUT2D eigenvalue weighted by molar-refractivity contribution is 0.0922. The van der Waals surface area contributed by atoms with Gasteiger partial charge in [0.15, 0.2) is 0 Å². The molecule has 0 radical (unpaired) electrons. The van der Waals surface area contributed by atoms with Crippen molar-refractivity contribution in [3.05, 3.63) is 58.8 Å². The molecule has 1 amide bonds. The highest BCUT2D eigenvalue weighted by atomic mass is 32.1. The Hall–Kier alpha value is -2.47. The summed E-state index contributed by atoms with van der Waals surface area (Å²) in [5.74, 6) is 1.23. The third kappa shape index (κ3) is 4.87. The minimum absolute atomic E-state index is 0.0527. The van der Waals surface area contributed by atoms with E-state index in [0.717, 1.165) is 11.3 Å². The van der Waals surface area contributed by atoms with Gasteiger partial charge in [0.05, 0.1) is 4.88 Å². The Bertz CT molecular complexity index is 906. The van der Waals surface area contributed by atoms with E-state index >= 15 is 0 Å². The van der Waals surface area contributed by atoms with Crippen LogP contribution in [0.15, 0.2) is 46.3 Å². The van der Waals surface area contributed by atoms with Crippen LogP contribution in [0.2, 0.25) is 0 Å². The first-order chi connectivity index (χ1) is 13.2. The van der Waals surface area contributed by atoms with Crippen molar-refractivity contribution in [3.63, 3.8) is 0 Å². The molecule has 0 saturated carbocycles. The Morgan fingerprint density at radius 3 is 2.46 bits per heavy atom. The normalized spacial score (nSPS) is 12.9. The summed E-state index contributed by atoms with van der Waals surface area (Å²) in [6, 6.07) is 11.3. The van der Waals surface area contributed by atoms with Gasteiger partial charge in [0.2, 0.25) is 11.7 Å². The van der Waals surface area contributed by atoms with Crippen LogP contribution in [0.4, 0.5) is 0 Å². The smallest absolute Gasteiger partial charge is 0.251 e. The maximum absolute atomic E-state index is 12.8. The predicted molar refractivity (Wildman–Crippen MR) is 112 cm³/mol. The lowest BCUT2D eigenvalue weighted by Crippen LogP contribution is -2.30. The molecule has 2 aromatic heterocycles. The van der Waals surface area contributed by atoms with Gasteiger partial charge in [-0.2, -0.15) is 4.98 Å². The molecule has 5 nitrogen and oxygen atoms in total. The van der Waals surface area contributed by atoms with Crippen molar-refractivity contribution >= 4 is 17.2 Å². The third-order valence-electron chi connectivity index (χ3n) is 4.51. The second-order valence-electron chi connectivity index (χ2n) is 8.42. The minimum atomic E-state index is -0.323. The highest BCUT2D eigenvalue weighted by Gasteiger charge is 2.24. The van der Waals surface area contributed by atoms with Gasteiger partial charge in [-0.3, -0.25) is 4.79 Å². The molecule has 2 heterocycles. The number of carbonyl (C=O) groups is 1. The second-order valence-corrected chi connectivity index (χ2v) is 9.36. The van der Waals surface area contributed by atoms with E-state index in [1.807, 2.05) is 41.8 Å². The molecule has 0 fully saturated rings. The maximum atomic E-state index is 12.8. The number of nitrogens with zero attached hydrogens (tertiary/aromatic N) is 2. The summed E-state index contributed by atoms with van der Waals surface area (Å²) in [5, 5.41) is 9.12. The molecule has 3 aromatic rings. The molecular formula is C22H27N3O2S. The quantitative estimate of drug-likeness (QED) is 0.587. The fourth-order valence-corrected chi connectivity index (χ4v) is 3.59. The van der Waals surface area contributed by atoms with E-state index in [1.54, 1.807) is 11.3 Å². The first-order valence-corrected chi connectivity index (χ1v) is 10.4. The van der Waals surface area contributed by atoms with Crippen molar-refractivity contribution in [3.8, 4) is 10.7 Å². The van der Waals surface area contributed by atoms with Crippen LogP contribution in [0.25, 0.3) is 10.7 Å². The summed E-state index contributed by atoms with van der Waals surface area (Å²) >= 11 is 1.56. The van der Waals surface area contributed by atoms with Crippen LogP contribution in [-0.4, -0.2) is 16.0 Å². The molecule has 0 aliphatic heterocycles. The number of benzene rings is 1. The highest BCUT2D eigenvalue weighted by molar-refractivity contribution is 7.13. The lowest BCUT2D eigenvalue weighted by atomic mass is 9.86.